The predicted molar refractivity (Wildman–Crippen MR) is 76.3 cm³/mol. The minimum atomic E-state index is -0.682. The summed E-state index contributed by atoms with van der Waals surface area (Å²) in [7, 11) is 0. The number of rotatable bonds is 7. The van der Waals surface area contributed by atoms with E-state index < -0.39 is 16.8 Å². The summed E-state index contributed by atoms with van der Waals surface area (Å²) < 4.78 is 4.87. The molecule has 0 aliphatic carbocycles. The maximum atomic E-state index is 11.8. The number of hydrogen-bond acceptors (Lipinski definition) is 5. The van der Waals surface area contributed by atoms with Gasteiger partial charge in [0.15, 0.2) is 0 Å². The van der Waals surface area contributed by atoms with Gasteiger partial charge in [0.05, 0.1) is 11.5 Å². The van der Waals surface area contributed by atoms with Crippen LogP contribution in [-0.2, 0) is 9.53 Å². The molecule has 114 valence electrons. The molecule has 7 nitrogen and oxygen atoms in total. The Morgan fingerprint density at radius 2 is 2.14 bits per heavy atom. The van der Waals surface area contributed by atoms with Crippen LogP contribution >= 0.6 is 11.6 Å². The van der Waals surface area contributed by atoms with Gasteiger partial charge in [-0.2, -0.15) is 0 Å². The molecule has 0 bridgehead atoms. The second kappa shape index (κ2) is 8.21. The summed E-state index contributed by atoms with van der Waals surface area (Å²) in [5.41, 5.74) is -0.317. The number of nitro groups is 1. The lowest BCUT2D eigenvalue weighted by Gasteiger charge is -2.06. The fourth-order valence-electron chi connectivity index (χ4n) is 1.43. The second-order valence-corrected chi connectivity index (χ2v) is 4.59. The average Bonchev–Trinajstić information content (AvgIpc) is 2.45. The maximum Gasteiger partial charge on any atom is 0.325 e. The van der Waals surface area contributed by atoms with Crippen LogP contribution in [0.15, 0.2) is 18.2 Å². The number of amides is 1. The van der Waals surface area contributed by atoms with E-state index in [-0.39, 0.29) is 22.8 Å². The summed E-state index contributed by atoms with van der Waals surface area (Å²) in [6, 6.07) is 3.65. The number of nitro benzene ring substituents is 1. The Labute approximate surface area is 126 Å². The van der Waals surface area contributed by atoms with Gasteiger partial charge in [-0.25, -0.2) is 0 Å². The Bertz CT molecular complexity index is 547. The van der Waals surface area contributed by atoms with Crippen molar-refractivity contribution in [2.24, 2.45) is 0 Å². The molecule has 8 heteroatoms. The van der Waals surface area contributed by atoms with Crippen LogP contribution < -0.4 is 5.32 Å². The van der Waals surface area contributed by atoms with E-state index in [0.717, 1.165) is 18.9 Å². The number of nitrogens with zero attached hydrogens (tertiary/aromatic N) is 1. The highest BCUT2D eigenvalue weighted by molar-refractivity contribution is 6.32. The zero-order valence-electron chi connectivity index (χ0n) is 11.4. The Balaban J connectivity index is 2.58. The van der Waals surface area contributed by atoms with Gasteiger partial charge in [0.25, 0.3) is 11.6 Å². The highest BCUT2D eigenvalue weighted by atomic mass is 35.5. The largest absolute Gasteiger partial charge is 0.464 e. The van der Waals surface area contributed by atoms with E-state index in [1.807, 2.05) is 6.92 Å². The van der Waals surface area contributed by atoms with Crippen molar-refractivity contribution in [3.63, 3.8) is 0 Å². The lowest BCUT2D eigenvalue weighted by atomic mass is 10.2. The third kappa shape index (κ3) is 5.39. The minimum Gasteiger partial charge on any atom is -0.464 e. The van der Waals surface area contributed by atoms with Crippen molar-refractivity contribution >= 4 is 29.2 Å². The number of carbonyl (C=O) groups excluding carboxylic acids is 2. The number of carbonyl (C=O) groups is 2. The molecule has 0 aliphatic rings. The van der Waals surface area contributed by atoms with Gasteiger partial charge in [-0.3, -0.25) is 19.7 Å². The topological polar surface area (TPSA) is 98.5 Å². The molecule has 1 aromatic rings. The van der Waals surface area contributed by atoms with E-state index in [1.54, 1.807) is 0 Å². The normalized spacial score (nSPS) is 10.0. The summed E-state index contributed by atoms with van der Waals surface area (Å²) in [5.74, 6) is -1.16. The number of unbranched alkanes of at least 4 members (excludes halogenated alkanes) is 1. The van der Waals surface area contributed by atoms with Crippen LogP contribution in [0.25, 0.3) is 0 Å². The third-order valence-corrected chi connectivity index (χ3v) is 2.88. The summed E-state index contributed by atoms with van der Waals surface area (Å²) in [6.45, 7) is 1.97. The highest BCUT2D eigenvalue weighted by Gasteiger charge is 2.16. The minimum absolute atomic E-state index is 0.0486. The molecule has 0 heterocycles. The zero-order valence-corrected chi connectivity index (χ0v) is 12.2. The number of halogens is 1. The van der Waals surface area contributed by atoms with Gasteiger partial charge < -0.3 is 10.1 Å². The second-order valence-electron chi connectivity index (χ2n) is 4.18. The van der Waals surface area contributed by atoms with Gasteiger partial charge in [-0.05, 0) is 18.6 Å². The molecule has 0 radical (unpaired) electrons. The van der Waals surface area contributed by atoms with E-state index in [4.69, 9.17) is 16.3 Å². The van der Waals surface area contributed by atoms with E-state index in [1.165, 1.54) is 12.1 Å². The van der Waals surface area contributed by atoms with Gasteiger partial charge in [0.1, 0.15) is 11.6 Å². The molecule has 0 aliphatic heterocycles. The molecule has 1 aromatic carbocycles. The van der Waals surface area contributed by atoms with Crippen molar-refractivity contribution in [1.29, 1.82) is 0 Å². The fraction of sp³-hybridized carbons (Fsp3) is 0.385. The quantitative estimate of drug-likeness (QED) is 0.360. The number of benzene rings is 1. The molecule has 0 spiro atoms. The Morgan fingerprint density at radius 3 is 2.76 bits per heavy atom. The molecule has 0 saturated heterocycles. The van der Waals surface area contributed by atoms with Gasteiger partial charge >= 0.3 is 5.97 Å². The molecule has 0 fully saturated rings. The number of esters is 1. The highest BCUT2D eigenvalue weighted by Crippen LogP contribution is 2.24. The molecule has 1 N–H and O–H groups in total. The summed E-state index contributed by atoms with van der Waals surface area (Å²) >= 11 is 5.65. The average molecular weight is 315 g/mol. The first-order valence-corrected chi connectivity index (χ1v) is 6.71. The number of hydrogen-bond donors (Lipinski definition) is 1. The summed E-state index contributed by atoms with van der Waals surface area (Å²) in [6.07, 6.45) is 1.65. The summed E-state index contributed by atoms with van der Waals surface area (Å²) in [5, 5.41) is 13.0. The maximum absolute atomic E-state index is 11.8. The SMILES string of the molecule is CCCCOC(=O)CNC(=O)c1ccc(Cl)c([N+](=O)[O-])c1. The van der Waals surface area contributed by atoms with E-state index in [0.29, 0.717) is 6.61 Å². The summed E-state index contributed by atoms with van der Waals surface area (Å²) in [4.78, 5) is 33.1. The predicted octanol–water partition coefficient (Wildman–Crippen LogP) is 2.32. The van der Waals surface area contributed by atoms with Crippen LogP contribution in [-0.4, -0.2) is 30.0 Å². The van der Waals surface area contributed by atoms with Crippen molar-refractivity contribution in [3.8, 4) is 0 Å². The molecule has 0 atom stereocenters. The van der Waals surface area contributed by atoms with Crippen LogP contribution in [0.1, 0.15) is 30.1 Å². The molecule has 0 aromatic heterocycles. The molecule has 1 amide bonds. The van der Waals surface area contributed by atoms with Crippen LogP contribution in [0.4, 0.5) is 5.69 Å². The first-order valence-electron chi connectivity index (χ1n) is 6.33. The van der Waals surface area contributed by atoms with Gasteiger partial charge in [-0.15, -0.1) is 0 Å². The number of ether oxygens (including phenoxy) is 1. The van der Waals surface area contributed by atoms with Crippen LogP contribution in [0.2, 0.25) is 5.02 Å². The van der Waals surface area contributed by atoms with E-state index in [2.05, 4.69) is 5.32 Å². The first-order chi connectivity index (χ1) is 9.95. The molecule has 0 unspecified atom stereocenters. The van der Waals surface area contributed by atoms with Crippen molar-refractivity contribution in [2.75, 3.05) is 13.2 Å². The molecule has 0 saturated carbocycles. The molecule has 1 rings (SSSR count). The monoisotopic (exact) mass is 314 g/mol. The Morgan fingerprint density at radius 1 is 1.43 bits per heavy atom. The van der Waals surface area contributed by atoms with Crippen molar-refractivity contribution in [3.05, 3.63) is 38.9 Å². The first kappa shape index (κ1) is 16.9. The Kier molecular flexibility index (Phi) is 6.61. The Hall–Kier alpha value is -2.15. The molecular formula is C13H15ClN2O5. The fourth-order valence-corrected chi connectivity index (χ4v) is 1.62. The van der Waals surface area contributed by atoms with Crippen molar-refractivity contribution in [2.45, 2.75) is 19.8 Å². The zero-order chi connectivity index (χ0) is 15.8. The standard InChI is InChI=1S/C13H15ClN2O5/c1-2-3-6-21-12(17)8-15-13(18)9-4-5-10(14)11(7-9)16(19)20/h4-5,7H,2-3,6,8H2,1H3,(H,15,18). The van der Waals surface area contributed by atoms with Gasteiger partial charge in [0, 0.05) is 11.6 Å². The molecular weight excluding hydrogens is 300 g/mol. The van der Waals surface area contributed by atoms with Crippen molar-refractivity contribution in [1.82, 2.24) is 5.32 Å². The number of nitrogens with one attached hydrogen (secondary N) is 1. The van der Waals surface area contributed by atoms with Crippen LogP contribution in [0.3, 0.4) is 0 Å². The van der Waals surface area contributed by atoms with Crippen molar-refractivity contribution < 1.29 is 19.2 Å². The lowest BCUT2D eigenvalue weighted by Crippen LogP contribution is -2.30. The van der Waals surface area contributed by atoms with Gasteiger partial charge in [0.2, 0.25) is 0 Å². The van der Waals surface area contributed by atoms with E-state index in [9.17, 15) is 19.7 Å². The van der Waals surface area contributed by atoms with Crippen LogP contribution in [0.5, 0.6) is 0 Å². The van der Waals surface area contributed by atoms with E-state index >= 15 is 0 Å². The van der Waals surface area contributed by atoms with Crippen LogP contribution in [0, 0.1) is 10.1 Å². The van der Waals surface area contributed by atoms with Gasteiger partial charge in [-0.1, -0.05) is 24.9 Å². The smallest absolute Gasteiger partial charge is 0.325 e. The molecule has 21 heavy (non-hydrogen) atoms. The third-order valence-electron chi connectivity index (χ3n) is 2.56. The lowest BCUT2D eigenvalue weighted by molar-refractivity contribution is -0.384.